The highest BCUT2D eigenvalue weighted by atomic mass is 16.5. The van der Waals surface area contributed by atoms with E-state index in [1.165, 1.54) is 12.1 Å². The second-order valence-electron chi connectivity index (χ2n) is 8.06. The molecule has 2 aromatic rings. The number of aryl methyl sites for hydroxylation is 1. The summed E-state index contributed by atoms with van der Waals surface area (Å²) in [6.45, 7) is 9.85. The van der Waals surface area contributed by atoms with Gasteiger partial charge in [0.2, 0.25) is 0 Å². The maximum atomic E-state index is 12.8. The molecular formula is C27H27N3O5. The highest BCUT2D eigenvalue weighted by molar-refractivity contribution is 6.05. The van der Waals surface area contributed by atoms with Crippen LogP contribution in [-0.2, 0) is 4.74 Å². The fraction of sp³-hybridized carbons (Fsp3) is 0.259. The van der Waals surface area contributed by atoms with E-state index in [1.807, 2.05) is 13.0 Å². The van der Waals surface area contributed by atoms with E-state index in [2.05, 4.69) is 35.1 Å². The van der Waals surface area contributed by atoms with E-state index < -0.39 is 17.3 Å². The Morgan fingerprint density at radius 2 is 1.74 bits per heavy atom. The fourth-order valence-electron chi connectivity index (χ4n) is 3.96. The predicted molar refractivity (Wildman–Crippen MR) is 136 cm³/mol. The molecular weight excluding hydrogens is 446 g/mol. The molecule has 0 unspecified atom stereocenters. The Labute approximate surface area is 202 Å². The lowest BCUT2D eigenvalue weighted by Gasteiger charge is -2.22. The Balaban J connectivity index is 1.66. The van der Waals surface area contributed by atoms with Gasteiger partial charge in [-0.1, -0.05) is 0 Å². The van der Waals surface area contributed by atoms with Gasteiger partial charge < -0.3 is 19.4 Å². The Bertz CT molecular complexity index is 1420. The molecule has 1 aliphatic carbocycles. The van der Waals surface area contributed by atoms with Crippen LogP contribution in [0.5, 0.6) is 0 Å². The third kappa shape index (κ3) is 4.87. The van der Waals surface area contributed by atoms with Crippen LogP contribution < -0.4 is 15.6 Å². The van der Waals surface area contributed by atoms with Gasteiger partial charge in [-0.25, -0.2) is 9.78 Å². The number of hydrogen-bond donors (Lipinski definition) is 1. The molecule has 1 amide bonds. The number of carbonyl (C=O) groups excluding carboxylic acids is 2. The largest absolute Gasteiger partial charge is 0.462 e. The average molecular weight is 474 g/mol. The summed E-state index contributed by atoms with van der Waals surface area (Å²) in [7, 11) is 0. The minimum absolute atomic E-state index is 0.0496. The van der Waals surface area contributed by atoms with Crippen LogP contribution in [-0.4, -0.2) is 36.6 Å². The topological polar surface area (TPSA) is 102 Å². The summed E-state index contributed by atoms with van der Waals surface area (Å²) in [5, 5.41) is 2.69. The average Bonchev–Trinajstić information content (AvgIpc) is 2.84. The number of carbonyl (C=O) groups is 2. The predicted octanol–water partition coefficient (Wildman–Crippen LogP) is 4.88. The van der Waals surface area contributed by atoms with E-state index in [0.717, 1.165) is 24.3 Å². The first-order valence-corrected chi connectivity index (χ1v) is 11.6. The molecule has 0 radical (unpaired) electrons. The van der Waals surface area contributed by atoms with Crippen LogP contribution in [0.15, 0.2) is 57.7 Å². The van der Waals surface area contributed by atoms with Crippen molar-refractivity contribution in [3.05, 3.63) is 75.4 Å². The second-order valence-corrected chi connectivity index (χ2v) is 8.06. The molecule has 8 nitrogen and oxygen atoms in total. The van der Waals surface area contributed by atoms with E-state index in [0.29, 0.717) is 33.8 Å². The van der Waals surface area contributed by atoms with Gasteiger partial charge in [0.15, 0.2) is 16.8 Å². The molecule has 0 fully saturated rings. The number of nitrogens with zero attached hydrogens (tertiary/aromatic N) is 2. The molecule has 1 N–H and O–H groups in total. The van der Waals surface area contributed by atoms with Gasteiger partial charge >= 0.3 is 5.97 Å². The molecule has 2 aliphatic rings. The van der Waals surface area contributed by atoms with Gasteiger partial charge in [0, 0.05) is 36.6 Å². The first-order chi connectivity index (χ1) is 16.8. The van der Waals surface area contributed by atoms with Crippen LogP contribution in [0, 0.1) is 6.92 Å². The number of amides is 1. The molecule has 180 valence electrons. The maximum Gasteiger partial charge on any atom is 0.338 e. The number of hydrogen-bond acceptors (Lipinski definition) is 7. The van der Waals surface area contributed by atoms with Crippen molar-refractivity contribution in [2.45, 2.75) is 27.7 Å². The summed E-state index contributed by atoms with van der Waals surface area (Å²) in [4.78, 5) is 44.3. The molecule has 0 atom stereocenters. The summed E-state index contributed by atoms with van der Waals surface area (Å²) in [6.07, 6.45) is 0. The molecule has 4 rings (SSSR count). The zero-order valence-corrected chi connectivity index (χ0v) is 20.2. The van der Waals surface area contributed by atoms with Gasteiger partial charge in [-0.3, -0.25) is 9.59 Å². The summed E-state index contributed by atoms with van der Waals surface area (Å²) >= 11 is 0. The highest BCUT2D eigenvalue weighted by Gasteiger charge is 2.19. The summed E-state index contributed by atoms with van der Waals surface area (Å²) in [6, 6.07) is 13.0. The number of aromatic nitrogens is 1. The standard InChI is InChI=1S/C27H27N3O5/c1-5-30(6-2)19-12-16(4)25-24(13-19)35-23-15-22(31)20(14-21(23)29-25)26(32)28-18-10-8-17(9-11-18)27(33)34-7-3/h8-15H,5-7H2,1-4H3,(H,28,32). The zero-order valence-electron chi connectivity index (χ0n) is 20.2. The fourth-order valence-corrected chi connectivity index (χ4v) is 3.96. The van der Waals surface area contributed by atoms with Crippen molar-refractivity contribution < 1.29 is 18.7 Å². The van der Waals surface area contributed by atoms with Crippen molar-refractivity contribution in [3.8, 4) is 11.5 Å². The maximum absolute atomic E-state index is 12.8. The van der Waals surface area contributed by atoms with Crippen LogP contribution in [0.25, 0.3) is 22.6 Å². The van der Waals surface area contributed by atoms with Crippen molar-refractivity contribution in [1.82, 2.24) is 4.98 Å². The van der Waals surface area contributed by atoms with Crippen molar-refractivity contribution in [3.63, 3.8) is 0 Å². The number of benzene rings is 3. The molecule has 0 saturated heterocycles. The van der Waals surface area contributed by atoms with Crippen molar-refractivity contribution in [2.75, 3.05) is 29.9 Å². The van der Waals surface area contributed by atoms with E-state index in [9.17, 15) is 14.4 Å². The van der Waals surface area contributed by atoms with Gasteiger partial charge in [0.05, 0.1) is 17.7 Å². The quantitative estimate of drug-likeness (QED) is 0.302. The van der Waals surface area contributed by atoms with E-state index >= 15 is 0 Å². The lowest BCUT2D eigenvalue weighted by Crippen LogP contribution is -2.22. The van der Waals surface area contributed by atoms with Gasteiger partial charge in [0.25, 0.3) is 5.91 Å². The summed E-state index contributed by atoms with van der Waals surface area (Å²) < 4.78 is 11.0. The van der Waals surface area contributed by atoms with Gasteiger partial charge in [0.1, 0.15) is 11.2 Å². The first-order valence-electron chi connectivity index (χ1n) is 11.6. The lowest BCUT2D eigenvalue weighted by molar-refractivity contribution is 0.0526. The number of fused-ring (bicyclic) bond motifs is 2. The molecule has 2 aromatic carbocycles. The first kappa shape index (κ1) is 23.9. The minimum atomic E-state index is -0.573. The zero-order chi connectivity index (χ0) is 25.1. The van der Waals surface area contributed by atoms with Crippen molar-refractivity contribution in [1.29, 1.82) is 0 Å². The highest BCUT2D eigenvalue weighted by Crippen LogP contribution is 2.30. The smallest absolute Gasteiger partial charge is 0.338 e. The minimum Gasteiger partial charge on any atom is -0.462 e. The number of esters is 1. The van der Waals surface area contributed by atoms with Gasteiger partial charge in [-0.05, 0) is 69.7 Å². The van der Waals surface area contributed by atoms with Crippen LogP contribution in [0.3, 0.4) is 0 Å². The third-order valence-electron chi connectivity index (χ3n) is 5.79. The van der Waals surface area contributed by atoms with Crippen molar-refractivity contribution in [2.24, 2.45) is 0 Å². The summed E-state index contributed by atoms with van der Waals surface area (Å²) in [5.41, 5.74) is 3.93. The second kappa shape index (κ2) is 9.97. The monoisotopic (exact) mass is 473 g/mol. The van der Waals surface area contributed by atoms with E-state index in [4.69, 9.17) is 9.15 Å². The Morgan fingerprint density at radius 1 is 1.03 bits per heavy atom. The number of nitrogens with one attached hydrogen (secondary N) is 1. The Hall–Kier alpha value is -4.20. The Kier molecular flexibility index (Phi) is 6.82. The van der Waals surface area contributed by atoms with Crippen LogP contribution in [0.2, 0.25) is 0 Å². The van der Waals surface area contributed by atoms with Gasteiger partial charge in [-0.2, -0.15) is 0 Å². The third-order valence-corrected chi connectivity index (χ3v) is 5.79. The van der Waals surface area contributed by atoms with E-state index in [1.54, 1.807) is 31.2 Å². The molecule has 0 saturated carbocycles. The van der Waals surface area contributed by atoms with Crippen LogP contribution in [0.4, 0.5) is 11.4 Å². The molecule has 0 spiro atoms. The molecule has 35 heavy (non-hydrogen) atoms. The van der Waals surface area contributed by atoms with Crippen molar-refractivity contribution >= 4 is 34.4 Å². The van der Waals surface area contributed by atoms with Crippen LogP contribution >= 0.6 is 0 Å². The normalized spacial score (nSPS) is 11.0. The molecule has 0 aromatic heterocycles. The lowest BCUT2D eigenvalue weighted by atomic mass is 10.1. The molecule has 8 heteroatoms. The number of anilines is 2. The van der Waals surface area contributed by atoms with Crippen LogP contribution in [0.1, 0.15) is 47.1 Å². The van der Waals surface area contributed by atoms with Gasteiger partial charge in [-0.15, -0.1) is 0 Å². The summed E-state index contributed by atoms with van der Waals surface area (Å²) in [5.74, 6) is -0.700. The molecule has 0 bridgehead atoms. The number of rotatable bonds is 7. The molecule has 1 aliphatic heterocycles. The van der Waals surface area contributed by atoms with E-state index in [-0.39, 0.29) is 12.2 Å². The molecule has 1 heterocycles. The number of ether oxygens (including phenoxy) is 1. The Morgan fingerprint density at radius 3 is 2.40 bits per heavy atom. The SMILES string of the molecule is CCOC(=O)c1ccc(NC(=O)c2cc3nc4c(C)cc(N(CC)CC)cc4oc-3cc2=O)cc1.